The van der Waals surface area contributed by atoms with Gasteiger partial charge in [-0.3, -0.25) is 4.79 Å². The van der Waals surface area contributed by atoms with Gasteiger partial charge in [0.15, 0.2) is 0 Å². The second-order valence-corrected chi connectivity index (χ2v) is 3.90. The van der Waals surface area contributed by atoms with Crippen molar-refractivity contribution in [2.24, 2.45) is 0 Å². The summed E-state index contributed by atoms with van der Waals surface area (Å²) in [7, 11) is 0. The SMILES string of the molecule is CC(=O)c1nc(-c2ccc(Br)cc2)no1. The van der Waals surface area contributed by atoms with Crippen molar-refractivity contribution in [1.29, 1.82) is 0 Å². The fourth-order valence-electron chi connectivity index (χ4n) is 1.08. The molecule has 2 rings (SSSR count). The molecule has 76 valence electrons. The summed E-state index contributed by atoms with van der Waals surface area (Å²) in [6, 6.07) is 7.44. The average Bonchev–Trinajstić information content (AvgIpc) is 2.68. The van der Waals surface area contributed by atoms with E-state index in [1.54, 1.807) is 0 Å². The molecule has 1 heterocycles. The molecule has 4 nitrogen and oxygen atoms in total. The van der Waals surface area contributed by atoms with E-state index in [1.807, 2.05) is 24.3 Å². The zero-order valence-corrected chi connectivity index (χ0v) is 9.48. The van der Waals surface area contributed by atoms with Gasteiger partial charge >= 0.3 is 0 Å². The Morgan fingerprint density at radius 3 is 2.53 bits per heavy atom. The van der Waals surface area contributed by atoms with E-state index in [4.69, 9.17) is 4.52 Å². The number of nitrogens with zero attached hydrogens (tertiary/aromatic N) is 2. The van der Waals surface area contributed by atoms with Crippen LogP contribution in [0.5, 0.6) is 0 Å². The molecule has 0 aliphatic rings. The van der Waals surface area contributed by atoms with Gasteiger partial charge in [0.05, 0.1) is 0 Å². The topological polar surface area (TPSA) is 56.0 Å². The quantitative estimate of drug-likeness (QED) is 0.785. The second kappa shape index (κ2) is 3.94. The largest absolute Gasteiger partial charge is 0.330 e. The maximum atomic E-state index is 10.9. The molecule has 0 N–H and O–H groups in total. The predicted octanol–water partition coefficient (Wildman–Crippen LogP) is 2.70. The summed E-state index contributed by atoms with van der Waals surface area (Å²) < 4.78 is 5.76. The Kier molecular flexibility index (Phi) is 2.64. The maximum Gasteiger partial charge on any atom is 0.294 e. The van der Waals surface area contributed by atoms with E-state index in [9.17, 15) is 4.79 Å². The molecule has 15 heavy (non-hydrogen) atoms. The van der Waals surface area contributed by atoms with E-state index in [-0.39, 0.29) is 11.7 Å². The fraction of sp³-hybridized carbons (Fsp3) is 0.100. The molecule has 0 aliphatic heterocycles. The van der Waals surface area contributed by atoms with Gasteiger partial charge in [-0.05, 0) is 24.3 Å². The zero-order valence-electron chi connectivity index (χ0n) is 7.90. The summed E-state index contributed by atoms with van der Waals surface area (Å²) in [5.41, 5.74) is 0.814. The minimum Gasteiger partial charge on any atom is -0.330 e. The molecule has 5 heteroatoms. The molecule has 0 unspecified atom stereocenters. The molecule has 0 spiro atoms. The van der Waals surface area contributed by atoms with Crippen LogP contribution in [0.3, 0.4) is 0 Å². The van der Waals surface area contributed by atoms with Gasteiger partial charge in [0, 0.05) is 17.0 Å². The van der Waals surface area contributed by atoms with Gasteiger partial charge in [0.2, 0.25) is 11.6 Å². The predicted molar refractivity (Wildman–Crippen MR) is 57.4 cm³/mol. The number of carbonyl (C=O) groups is 1. The molecule has 2 aromatic rings. The third-order valence-corrected chi connectivity index (χ3v) is 2.36. The van der Waals surface area contributed by atoms with Crippen LogP contribution in [0.2, 0.25) is 0 Å². The third kappa shape index (κ3) is 2.12. The molecule has 0 fully saturated rings. The Hall–Kier alpha value is -1.49. The molecule has 0 atom stereocenters. The average molecular weight is 267 g/mol. The lowest BCUT2D eigenvalue weighted by Crippen LogP contribution is -1.91. The Morgan fingerprint density at radius 1 is 1.33 bits per heavy atom. The third-order valence-electron chi connectivity index (χ3n) is 1.83. The summed E-state index contributed by atoms with van der Waals surface area (Å²) in [5, 5.41) is 3.72. The van der Waals surface area contributed by atoms with Crippen molar-refractivity contribution in [3.63, 3.8) is 0 Å². The van der Waals surface area contributed by atoms with Crippen LogP contribution in [0, 0.1) is 0 Å². The fourth-order valence-corrected chi connectivity index (χ4v) is 1.35. The van der Waals surface area contributed by atoms with Crippen molar-refractivity contribution in [1.82, 2.24) is 10.1 Å². The number of carbonyl (C=O) groups excluding carboxylic acids is 1. The number of benzene rings is 1. The van der Waals surface area contributed by atoms with Gasteiger partial charge in [-0.1, -0.05) is 21.1 Å². The molecule has 0 aliphatic carbocycles. The second-order valence-electron chi connectivity index (χ2n) is 2.99. The first-order chi connectivity index (χ1) is 7.16. The number of hydrogen-bond donors (Lipinski definition) is 0. The Morgan fingerprint density at radius 2 is 2.00 bits per heavy atom. The zero-order chi connectivity index (χ0) is 10.8. The van der Waals surface area contributed by atoms with Crippen molar-refractivity contribution in [3.8, 4) is 11.4 Å². The highest BCUT2D eigenvalue weighted by atomic mass is 79.9. The van der Waals surface area contributed by atoms with Gasteiger partial charge < -0.3 is 4.52 Å². The summed E-state index contributed by atoms with van der Waals surface area (Å²) in [6.45, 7) is 1.39. The number of ketones is 1. The minimum atomic E-state index is -0.231. The number of aromatic nitrogens is 2. The van der Waals surface area contributed by atoms with Gasteiger partial charge in [-0.2, -0.15) is 4.98 Å². The van der Waals surface area contributed by atoms with Crippen LogP contribution in [0.15, 0.2) is 33.3 Å². The molecule has 0 saturated carbocycles. The lowest BCUT2D eigenvalue weighted by molar-refractivity contribution is 0.0972. The summed E-state index contributed by atoms with van der Waals surface area (Å²) >= 11 is 3.33. The van der Waals surface area contributed by atoms with E-state index in [1.165, 1.54) is 6.92 Å². The monoisotopic (exact) mass is 266 g/mol. The van der Waals surface area contributed by atoms with Crippen molar-refractivity contribution >= 4 is 21.7 Å². The van der Waals surface area contributed by atoms with E-state index in [0.717, 1.165) is 10.0 Å². The van der Waals surface area contributed by atoms with Crippen LogP contribution in [0.4, 0.5) is 0 Å². The highest BCUT2D eigenvalue weighted by Crippen LogP contribution is 2.18. The molecule has 0 amide bonds. The number of hydrogen-bond acceptors (Lipinski definition) is 4. The van der Waals surface area contributed by atoms with E-state index in [0.29, 0.717) is 5.82 Å². The Labute approximate surface area is 94.4 Å². The Balaban J connectivity index is 2.37. The first-order valence-electron chi connectivity index (χ1n) is 4.27. The number of rotatable bonds is 2. The van der Waals surface area contributed by atoms with Crippen molar-refractivity contribution in [2.45, 2.75) is 6.92 Å². The molecule has 1 aromatic carbocycles. The summed E-state index contributed by atoms with van der Waals surface area (Å²) in [4.78, 5) is 14.9. The van der Waals surface area contributed by atoms with Gasteiger partial charge in [0.25, 0.3) is 5.89 Å². The number of halogens is 1. The lowest BCUT2D eigenvalue weighted by atomic mass is 10.2. The van der Waals surface area contributed by atoms with Gasteiger partial charge in [-0.15, -0.1) is 0 Å². The first-order valence-corrected chi connectivity index (χ1v) is 5.06. The van der Waals surface area contributed by atoms with Crippen molar-refractivity contribution in [2.75, 3.05) is 0 Å². The minimum absolute atomic E-state index is 0.0351. The lowest BCUT2D eigenvalue weighted by Gasteiger charge is -1.93. The van der Waals surface area contributed by atoms with Crippen LogP contribution in [-0.2, 0) is 0 Å². The molecule has 0 saturated heterocycles. The smallest absolute Gasteiger partial charge is 0.294 e. The molecular formula is C10H7BrN2O2. The van der Waals surface area contributed by atoms with E-state index in [2.05, 4.69) is 26.1 Å². The number of Topliss-reactive ketones (excluding diaryl/α,β-unsaturated/α-hetero) is 1. The highest BCUT2D eigenvalue weighted by molar-refractivity contribution is 9.10. The van der Waals surface area contributed by atoms with Crippen LogP contribution in [0.25, 0.3) is 11.4 Å². The van der Waals surface area contributed by atoms with Crippen LogP contribution in [0.1, 0.15) is 17.6 Å². The van der Waals surface area contributed by atoms with Crippen LogP contribution in [-0.4, -0.2) is 15.9 Å². The summed E-state index contributed by atoms with van der Waals surface area (Å²) in [5.74, 6) is 0.228. The molecule has 0 radical (unpaired) electrons. The highest BCUT2D eigenvalue weighted by Gasteiger charge is 2.11. The Bertz CT molecular complexity index is 490. The molecular weight excluding hydrogens is 260 g/mol. The van der Waals surface area contributed by atoms with Crippen molar-refractivity contribution < 1.29 is 9.32 Å². The summed E-state index contributed by atoms with van der Waals surface area (Å²) in [6.07, 6.45) is 0. The van der Waals surface area contributed by atoms with E-state index >= 15 is 0 Å². The standard InChI is InChI=1S/C10H7BrN2O2/c1-6(14)10-12-9(13-15-10)7-2-4-8(11)5-3-7/h2-5H,1H3. The molecule has 0 bridgehead atoms. The molecule has 1 aromatic heterocycles. The van der Waals surface area contributed by atoms with Crippen LogP contribution < -0.4 is 0 Å². The van der Waals surface area contributed by atoms with E-state index < -0.39 is 0 Å². The maximum absolute atomic E-state index is 10.9. The van der Waals surface area contributed by atoms with Gasteiger partial charge in [-0.25, -0.2) is 0 Å². The van der Waals surface area contributed by atoms with Crippen molar-refractivity contribution in [3.05, 3.63) is 34.6 Å². The van der Waals surface area contributed by atoms with Crippen LogP contribution >= 0.6 is 15.9 Å². The van der Waals surface area contributed by atoms with Gasteiger partial charge in [0.1, 0.15) is 0 Å². The first kappa shape index (κ1) is 10.0. The normalized spacial score (nSPS) is 10.3.